The molecular formula is C25H35N3O4. The molecule has 0 radical (unpaired) electrons. The number of ether oxygens (including phenoxy) is 3. The number of hydrogen-bond donors (Lipinski definition) is 2. The molecule has 7 heteroatoms. The number of nitrogens with zero attached hydrogens (tertiary/aromatic N) is 1. The number of guanidine groups is 1. The van der Waals surface area contributed by atoms with Crippen LogP contribution in [0.4, 0.5) is 0 Å². The van der Waals surface area contributed by atoms with E-state index >= 15 is 0 Å². The van der Waals surface area contributed by atoms with Gasteiger partial charge in [-0.3, -0.25) is 0 Å². The molecule has 4 rings (SSSR count). The Morgan fingerprint density at radius 3 is 2.53 bits per heavy atom. The summed E-state index contributed by atoms with van der Waals surface area (Å²) in [5, 5.41) is 6.91. The van der Waals surface area contributed by atoms with Gasteiger partial charge in [0.15, 0.2) is 5.96 Å². The second kappa shape index (κ2) is 12.6. The van der Waals surface area contributed by atoms with Crippen molar-refractivity contribution in [2.75, 3.05) is 39.5 Å². The molecule has 2 aliphatic heterocycles. The molecule has 1 unspecified atom stereocenters. The predicted molar refractivity (Wildman–Crippen MR) is 124 cm³/mol. The molecule has 1 atom stereocenters. The van der Waals surface area contributed by atoms with E-state index in [2.05, 4.69) is 34.9 Å². The van der Waals surface area contributed by atoms with E-state index in [1.54, 1.807) is 6.26 Å². The van der Waals surface area contributed by atoms with Crippen LogP contribution in [0.5, 0.6) is 0 Å². The lowest BCUT2D eigenvalue weighted by atomic mass is 10.1. The van der Waals surface area contributed by atoms with Gasteiger partial charge in [0.05, 0.1) is 32.1 Å². The van der Waals surface area contributed by atoms with Crippen molar-refractivity contribution in [3.05, 3.63) is 59.5 Å². The highest BCUT2D eigenvalue weighted by Crippen LogP contribution is 2.14. The molecule has 1 aromatic carbocycles. The number of hydrogen-bond acceptors (Lipinski definition) is 5. The third kappa shape index (κ3) is 7.65. The summed E-state index contributed by atoms with van der Waals surface area (Å²) in [6.45, 7) is 6.21. The highest BCUT2D eigenvalue weighted by atomic mass is 16.5. The SMILES string of the molecule is c1coc(CCNC(=NCc2ccc(COC3CCOCC3)cc2)NCC2CCOC2)c1. The van der Waals surface area contributed by atoms with Gasteiger partial charge >= 0.3 is 0 Å². The van der Waals surface area contributed by atoms with Crippen LogP contribution in [-0.2, 0) is 33.8 Å². The molecule has 0 amide bonds. The molecule has 0 aliphatic carbocycles. The smallest absolute Gasteiger partial charge is 0.191 e. The third-order valence-corrected chi connectivity index (χ3v) is 5.92. The van der Waals surface area contributed by atoms with Gasteiger partial charge in [-0.05, 0) is 42.5 Å². The Kier molecular flexibility index (Phi) is 9.01. The van der Waals surface area contributed by atoms with Crippen molar-refractivity contribution in [3.8, 4) is 0 Å². The number of nitrogens with one attached hydrogen (secondary N) is 2. The van der Waals surface area contributed by atoms with Gasteiger partial charge in [-0.25, -0.2) is 4.99 Å². The fourth-order valence-electron chi connectivity index (χ4n) is 3.89. The number of rotatable bonds is 10. The van der Waals surface area contributed by atoms with E-state index in [1.165, 1.54) is 11.1 Å². The Morgan fingerprint density at radius 2 is 1.78 bits per heavy atom. The maximum absolute atomic E-state index is 6.02. The van der Waals surface area contributed by atoms with Gasteiger partial charge in [0.1, 0.15) is 5.76 Å². The first kappa shape index (κ1) is 22.8. The zero-order valence-corrected chi connectivity index (χ0v) is 18.8. The van der Waals surface area contributed by atoms with Gasteiger partial charge in [0, 0.05) is 45.2 Å². The number of aliphatic imine (C=N–C) groups is 1. The largest absolute Gasteiger partial charge is 0.469 e. The predicted octanol–water partition coefficient (Wildman–Crippen LogP) is 3.29. The Bertz CT molecular complexity index is 795. The monoisotopic (exact) mass is 441 g/mol. The molecule has 2 aliphatic rings. The van der Waals surface area contributed by atoms with Crippen LogP contribution in [0, 0.1) is 5.92 Å². The molecule has 174 valence electrons. The summed E-state index contributed by atoms with van der Waals surface area (Å²) in [7, 11) is 0. The summed E-state index contributed by atoms with van der Waals surface area (Å²) in [6.07, 6.45) is 5.93. The van der Waals surface area contributed by atoms with Gasteiger partial charge in [0.2, 0.25) is 0 Å². The molecule has 0 bridgehead atoms. The van der Waals surface area contributed by atoms with E-state index in [4.69, 9.17) is 23.6 Å². The Labute approximate surface area is 190 Å². The number of benzene rings is 1. The first-order valence-electron chi connectivity index (χ1n) is 11.7. The molecule has 2 saturated heterocycles. The summed E-state index contributed by atoms with van der Waals surface area (Å²) in [6, 6.07) is 12.5. The van der Waals surface area contributed by atoms with E-state index in [0.29, 0.717) is 25.2 Å². The maximum Gasteiger partial charge on any atom is 0.191 e. The van der Waals surface area contributed by atoms with Crippen LogP contribution in [0.1, 0.15) is 36.1 Å². The van der Waals surface area contributed by atoms with Crippen LogP contribution in [0.2, 0.25) is 0 Å². The molecule has 2 fully saturated rings. The fraction of sp³-hybridized carbons (Fsp3) is 0.560. The minimum absolute atomic E-state index is 0.319. The zero-order chi connectivity index (χ0) is 21.8. The van der Waals surface area contributed by atoms with Crippen LogP contribution < -0.4 is 10.6 Å². The minimum atomic E-state index is 0.319. The van der Waals surface area contributed by atoms with Crippen LogP contribution in [0.25, 0.3) is 0 Å². The van der Waals surface area contributed by atoms with Crippen molar-refractivity contribution in [1.82, 2.24) is 10.6 Å². The maximum atomic E-state index is 6.02. The summed E-state index contributed by atoms with van der Waals surface area (Å²) in [4.78, 5) is 4.80. The molecule has 0 saturated carbocycles. The topological polar surface area (TPSA) is 77.3 Å². The Balaban J connectivity index is 1.26. The minimum Gasteiger partial charge on any atom is -0.469 e. The van der Waals surface area contributed by atoms with E-state index in [-0.39, 0.29) is 0 Å². The number of furan rings is 1. The van der Waals surface area contributed by atoms with Crippen molar-refractivity contribution >= 4 is 5.96 Å². The lowest BCUT2D eigenvalue weighted by molar-refractivity contribution is -0.0390. The molecule has 32 heavy (non-hydrogen) atoms. The van der Waals surface area contributed by atoms with Crippen molar-refractivity contribution < 1.29 is 18.6 Å². The van der Waals surface area contributed by atoms with Crippen molar-refractivity contribution in [2.24, 2.45) is 10.9 Å². The zero-order valence-electron chi connectivity index (χ0n) is 18.8. The van der Waals surface area contributed by atoms with Crippen LogP contribution in [-0.4, -0.2) is 51.6 Å². The van der Waals surface area contributed by atoms with Crippen molar-refractivity contribution in [3.63, 3.8) is 0 Å². The van der Waals surface area contributed by atoms with Crippen LogP contribution >= 0.6 is 0 Å². The van der Waals surface area contributed by atoms with E-state index in [0.717, 1.165) is 76.9 Å². The standard InChI is InChI=1S/C25H35N3O4/c1-2-23(31-12-1)7-11-26-25(28-17-22-8-13-30-18-22)27-16-20-3-5-21(6-4-20)19-32-24-9-14-29-15-10-24/h1-6,12,22,24H,7-11,13-19H2,(H2,26,27,28). The first-order valence-corrected chi connectivity index (χ1v) is 11.7. The molecule has 3 heterocycles. The normalized spacial score (nSPS) is 19.9. The van der Waals surface area contributed by atoms with Gasteiger partial charge in [-0.15, -0.1) is 0 Å². The summed E-state index contributed by atoms with van der Waals surface area (Å²) in [5.41, 5.74) is 2.37. The average Bonchev–Trinajstić information content (AvgIpc) is 3.55. The first-order chi connectivity index (χ1) is 15.8. The van der Waals surface area contributed by atoms with E-state index in [9.17, 15) is 0 Å². The lowest BCUT2D eigenvalue weighted by Gasteiger charge is -2.22. The summed E-state index contributed by atoms with van der Waals surface area (Å²) in [5.74, 6) is 2.34. The average molecular weight is 442 g/mol. The van der Waals surface area contributed by atoms with E-state index < -0.39 is 0 Å². The third-order valence-electron chi connectivity index (χ3n) is 5.92. The second-order valence-electron chi connectivity index (χ2n) is 8.47. The van der Waals surface area contributed by atoms with Crippen molar-refractivity contribution in [1.29, 1.82) is 0 Å². The molecule has 2 aromatic rings. The molecule has 2 N–H and O–H groups in total. The molecule has 0 spiro atoms. The Hall–Kier alpha value is -2.35. The van der Waals surface area contributed by atoms with Gasteiger partial charge in [-0.2, -0.15) is 0 Å². The fourth-order valence-corrected chi connectivity index (χ4v) is 3.89. The van der Waals surface area contributed by atoms with Gasteiger partial charge in [0.25, 0.3) is 0 Å². The lowest BCUT2D eigenvalue weighted by Crippen LogP contribution is -2.40. The van der Waals surface area contributed by atoms with Crippen LogP contribution in [0.15, 0.2) is 52.1 Å². The Morgan fingerprint density at radius 1 is 0.969 bits per heavy atom. The molecule has 7 nitrogen and oxygen atoms in total. The molecule has 1 aromatic heterocycles. The van der Waals surface area contributed by atoms with E-state index in [1.807, 2.05) is 12.1 Å². The highest BCUT2D eigenvalue weighted by Gasteiger charge is 2.16. The quantitative estimate of drug-likeness (QED) is 0.435. The second-order valence-corrected chi connectivity index (χ2v) is 8.47. The highest BCUT2D eigenvalue weighted by molar-refractivity contribution is 5.79. The summed E-state index contributed by atoms with van der Waals surface area (Å²) >= 11 is 0. The molecular weight excluding hydrogens is 406 g/mol. The summed E-state index contributed by atoms with van der Waals surface area (Å²) < 4.78 is 22.3. The van der Waals surface area contributed by atoms with Crippen molar-refractivity contribution in [2.45, 2.75) is 44.9 Å². The van der Waals surface area contributed by atoms with Gasteiger partial charge < -0.3 is 29.3 Å². The van der Waals surface area contributed by atoms with Crippen LogP contribution in [0.3, 0.4) is 0 Å². The van der Waals surface area contributed by atoms with Gasteiger partial charge in [-0.1, -0.05) is 24.3 Å².